The van der Waals surface area contributed by atoms with Crippen molar-refractivity contribution in [2.24, 2.45) is 0 Å². The topological polar surface area (TPSA) is 29.5 Å². The van der Waals surface area contributed by atoms with Gasteiger partial charge in [-0.15, -0.1) is 0 Å². The van der Waals surface area contributed by atoms with Crippen LogP contribution >= 0.6 is 11.8 Å². The van der Waals surface area contributed by atoms with Crippen LogP contribution in [0.1, 0.15) is 12.5 Å². The molecule has 0 unspecified atom stereocenters. The van der Waals surface area contributed by atoms with Crippen molar-refractivity contribution in [2.45, 2.75) is 13.1 Å². The standard InChI is InChI=1S/C16H15F3O2S/c1-10(15(20)22-9-16(17,18)19)11-3-4-13-8-14(21-2)6-5-12(13)7-11/h3-8,20H,9H2,1-2H3/b15-10-. The maximum absolute atomic E-state index is 12.2. The molecule has 0 bridgehead atoms. The Morgan fingerprint density at radius 3 is 2.41 bits per heavy atom. The molecule has 0 spiro atoms. The number of methoxy groups -OCH3 is 1. The van der Waals surface area contributed by atoms with Crippen molar-refractivity contribution in [1.82, 2.24) is 0 Å². The minimum absolute atomic E-state index is 0.315. The summed E-state index contributed by atoms with van der Waals surface area (Å²) in [4.78, 5) is 0. The summed E-state index contributed by atoms with van der Waals surface area (Å²) in [6.07, 6.45) is -4.31. The number of benzene rings is 2. The molecule has 22 heavy (non-hydrogen) atoms. The number of halogens is 3. The fraction of sp³-hybridized carbons (Fsp3) is 0.250. The molecule has 0 saturated heterocycles. The number of rotatable bonds is 4. The SMILES string of the molecule is COc1ccc2cc(/C(C)=C(/O)SCC(F)(F)F)ccc2c1. The summed E-state index contributed by atoms with van der Waals surface area (Å²) < 4.78 is 41.7. The highest BCUT2D eigenvalue weighted by Crippen LogP contribution is 2.31. The fourth-order valence-corrected chi connectivity index (χ4v) is 2.60. The van der Waals surface area contributed by atoms with E-state index in [2.05, 4.69) is 0 Å². The molecule has 0 heterocycles. The largest absolute Gasteiger partial charge is 0.502 e. The third-order valence-electron chi connectivity index (χ3n) is 3.17. The first kappa shape index (κ1) is 16.5. The molecule has 0 amide bonds. The van der Waals surface area contributed by atoms with Gasteiger partial charge in [-0.2, -0.15) is 13.2 Å². The van der Waals surface area contributed by atoms with E-state index in [4.69, 9.17) is 4.74 Å². The van der Waals surface area contributed by atoms with Crippen LogP contribution in [-0.2, 0) is 0 Å². The highest BCUT2D eigenvalue weighted by atomic mass is 32.2. The van der Waals surface area contributed by atoms with E-state index in [0.29, 0.717) is 22.9 Å². The van der Waals surface area contributed by atoms with Crippen LogP contribution in [0.4, 0.5) is 13.2 Å². The van der Waals surface area contributed by atoms with Gasteiger partial charge in [0.15, 0.2) is 5.09 Å². The van der Waals surface area contributed by atoms with Gasteiger partial charge in [0.2, 0.25) is 0 Å². The maximum atomic E-state index is 12.2. The number of alkyl halides is 3. The van der Waals surface area contributed by atoms with Gasteiger partial charge in [-0.1, -0.05) is 30.0 Å². The third kappa shape index (κ3) is 4.10. The van der Waals surface area contributed by atoms with Crippen molar-refractivity contribution in [2.75, 3.05) is 12.9 Å². The highest BCUT2D eigenvalue weighted by molar-refractivity contribution is 8.03. The molecule has 0 aliphatic carbocycles. The molecule has 6 heteroatoms. The van der Waals surface area contributed by atoms with Gasteiger partial charge in [0.25, 0.3) is 0 Å². The highest BCUT2D eigenvalue weighted by Gasteiger charge is 2.28. The molecule has 0 radical (unpaired) electrons. The van der Waals surface area contributed by atoms with E-state index in [1.807, 2.05) is 30.3 Å². The van der Waals surface area contributed by atoms with Gasteiger partial charge >= 0.3 is 6.18 Å². The van der Waals surface area contributed by atoms with Crippen molar-refractivity contribution in [3.8, 4) is 5.75 Å². The summed E-state index contributed by atoms with van der Waals surface area (Å²) in [5.74, 6) is -0.378. The summed E-state index contributed by atoms with van der Waals surface area (Å²) >= 11 is 0.388. The Morgan fingerprint density at radius 2 is 1.77 bits per heavy atom. The average Bonchev–Trinajstić information content (AvgIpc) is 2.50. The van der Waals surface area contributed by atoms with Gasteiger partial charge < -0.3 is 9.84 Å². The molecule has 2 rings (SSSR count). The quantitative estimate of drug-likeness (QED) is 0.763. The minimum atomic E-state index is -4.31. The summed E-state index contributed by atoms with van der Waals surface area (Å²) in [6.45, 7) is 1.60. The van der Waals surface area contributed by atoms with Crippen molar-refractivity contribution in [3.63, 3.8) is 0 Å². The molecule has 0 atom stereocenters. The maximum Gasteiger partial charge on any atom is 0.398 e. The van der Waals surface area contributed by atoms with Crippen molar-refractivity contribution < 1.29 is 23.0 Å². The first-order valence-electron chi connectivity index (χ1n) is 6.48. The lowest BCUT2D eigenvalue weighted by molar-refractivity contribution is -0.105. The van der Waals surface area contributed by atoms with Crippen LogP contribution in [0.5, 0.6) is 5.75 Å². The second kappa shape index (κ2) is 6.52. The number of allylic oxidation sites excluding steroid dienone is 1. The fourth-order valence-electron chi connectivity index (χ4n) is 1.97. The van der Waals surface area contributed by atoms with E-state index in [0.717, 1.165) is 16.5 Å². The molecule has 118 valence electrons. The van der Waals surface area contributed by atoms with Gasteiger partial charge in [-0.3, -0.25) is 0 Å². The lowest BCUT2D eigenvalue weighted by Crippen LogP contribution is -2.10. The Labute approximate surface area is 130 Å². The van der Waals surface area contributed by atoms with E-state index in [1.165, 1.54) is 0 Å². The summed E-state index contributed by atoms with van der Waals surface area (Å²) in [6, 6.07) is 11.0. The van der Waals surface area contributed by atoms with E-state index < -0.39 is 11.9 Å². The number of ether oxygens (including phenoxy) is 1. The van der Waals surface area contributed by atoms with Crippen molar-refractivity contribution in [1.29, 1.82) is 0 Å². The first-order valence-corrected chi connectivity index (χ1v) is 7.46. The zero-order chi connectivity index (χ0) is 16.3. The number of fused-ring (bicyclic) bond motifs is 1. The summed E-state index contributed by atoms with van der Waals surface area (Å²) in [5, 5.41) is 11.4. The molecule has 0 fully saturated rings. The zero-order valence-corrected chi connectivity index (χ0v) is 12.9. The summed E-state index contributed by atoms with van der Waals surface area (Å²) in [5.41, 5.74) is 1.11. The van der Waals surface area contributed by atoms with Crippen LogP contribution in [-0.4, -0.2) is 24.1 Å². The van der Waals surface area contributed by atoms with Crippen LogP contribution in [0.3, 0.4) is 0 Å². The monoisotopic (exact) mass is 328 g/mol. The van der Waals surface area contributed by atoms with E-state index in [1.54, 1.807) is 20.1 Å². The molecule has 2 aromatic carbocycles. The molecule has 2 nitrogen and oxygen atoms in total. The van der Waals surface area contributed by atoms with Crippen LogP contribution in [0.2, 0.25) is 0 Å². The molecule has 0 aliphatic rings. The minimum Gasteiger partial charge on any atom is -0.502 e. The Balaban J connectivity index is 2.29. The molecule has 0 aromatic heterocycles. The number of thioether (sulfide) groups is 1. The Morgan fingerprint density at radius 1 is 1.14 bits per heavy atom. The third-order valence-corrected chi connectivity index (χ3v) is 4.23. The first-order chi connectivity index (χ1) is 10.3. The smallest absolute Gasteiger partial charge is 0.398 e. The summed E-state index contributed by atoms with van der Waals surface area (Å²) in [7, 11) is 1.58. The Hall–Kier alpha value is -1.82. The van der Waals surface area contributed by atoms with Gasteiger partial charge in [-0.05, 0) is 41.5 Å². The van der Waals surface area contributed by atoms with Gasteiger partial charge in [0.1, 0.15) is 5.75 Å². The predicted molar refractivity (Wildman–Crippen MR) is 84.2 cm³/mol. The molecule has 2 aromatic rings. The van der Waals surface area contributed by atoms with Crippen LogP contribution in [0.15, 0.2) is 41.5 Å². The van der Waals surface area contributed by atoms with E-state index >= 15 is 0 Å². The molecular weight excluding hydrogens is 313 g/mol. The molecule has 0 aliphatic heterocycles. The number of hydrogen-bond acceptors (Lipinski definition) is 3. The molecule has 0 saturated carbocycles. The number of aliphatic hydroxyl groups excluding tert-OH is 1. The van der Waals surface area contributed by atoms with E-state index in [-0.39, 0.29) is 5.09 Å². The van der Waals surface area contributed by atoms with Crippen LogP contribution in [0, 0.1) is 0 Å². The normalized spacial score (nSPS) is 13.1. The molecular formula is C16H15F3O2S. The van der Waals surface area contributed by atoms with Crippen LogP contribution in [0.25, 0.3) is 16.3 Å². The second-order valence-corrected chi connectivity index (χ2v) is 5.73. The average molecular weight is 328 g/mol. The lowest BCUT2D eigenvalue weighted by atomic mass is 10.0. The zero-order valence-electron chi connectivity index (χ0n) is 12.1. The second-order valence-electron chi connectivity index (χ2n) is 4.76. The predicted octanol–water partition coefficient (Wildman–Crippen LogP) is 5.39. The molecule has 1 N–H and O–H groups in total. The lowest BCUT2D eigenvalue weighted by Gasteiger charge is -2.10. The van der Waals surface area contributed by atoms with Gasteiger partial charge in [-0.25, -0.2) is 0 Å². The Kier molecular flexibility index (Phi) is 4.90. The van der Waals surface area contributed by atoms with E-state index in [9.17, 15) is 18.3 Å². The number of hydrogen-bond donors (Lipinski definition) is 1. The van der Waals surface area contributed by atoms with Crippen molar-refractivity contribution >= 4 is 28.1 Å². The van der Waals surface area contributed by atoms with Crippen molar-refractivity contribution in [3.05, 3.63) is 47.1 Å². The number of aliphatic hydroxyl groups is 1. The Bertz CT molecular complexity index is 708. The van der Waals surface area contributed by atoms with Gasteiger partial charge in [0, 0.05) is 5.57 Å². The van der Waals surface area contributed by atoms with Crippen LogP contribution < -0.4 is 4.74 Å². The van der Waals surface area contributed by atoms with Gasteiger partial charge in [0.05, 0.1) is 12.9 Å².